The monoisotopic (exact) mass is 268 g/mol. The maximum atomic E-state index is 12.1. The molecule has 0 aliphatic carbocycles. The Morgan fingerprint density at radius 2 is 2.11 bits per heavy atom. The SMILES string of the molecule is CCCC(C)(N)C(=O)NC(C)c1ccccc1Cl. The van der Waals surface area contributed by atoms with E-state index in [1.807, 2.05) is 38.1 Å². The molecule has 3 N–H and O–H groups in total. The van der Waals surface area contributed by atoms with Crippen LogP contribution in [0.15, 0.2) is 24.3 Å². The normalized spacial score (nSPS) is 15.8. The van der Waals surface area contributed by atoms with Crippen LogP contribution in [0.5, 0.6) is 0 Å². The quantitative estimate of drug-likeness (QED) is 0.862. The van der Waals surface area contributed by atoms with Crippen molar-refractivity contribution in [1.29, 1.82) is 0 Å². The topological polar surface area (TPSA) is 55.1 Å². The molecule has 0 saturated heterocycles. The zero-order valence-corrected chi connectivity index (χ0v) is 11.9. The molecule has 3 nitrogen and oxygen atoms in total. The molecule has 2 unspecified atom stereocenters. The van der Waals surface area contributed by atoms with E-state index in [0.717, 1.165) is 12.0 Å². The van der Waals surface area contributed by atoms with E-state index >= 15 is 0 Å². The smallest absolute Gasteiger partial charge is 0.240 e. The summed E-state index contributed by atoms with van der Waals surface area (Å²) in [5.74, 6) is -0.142. The van der Waals surface area contributed by atoms with E-state index in [1.165, 1.54) is 0 Å². The average molecular weight is 269 g/mol. The molecule has 2 atom stereocenters. The zero-order chi connectivity index (χ0) is 13.8. The van der Waals surface area contributed by atoms with E-state index in [0.29, 0.717) is 11.4 Å². The van der Waals surface area contributed by atoms with E-state index in [2.05, 4.69) is 5.32 Å². The van der Waals surface area contributed by atoms with Gasteiger partial charge in [-0.2, -0.15) is 0 Å². The number of nitrogens with one attached hydrogen (secondary N) is 1. The lowest BCUT2D eigenvalue weighted by Crippen LogP contribution is -2.52. The highest BCUT2D eigenvalue weighted by atomic mass is 35.5. The molecule has 0 aliphatic heterocycles. The molecule has 1 aromatic carbocycles. The lowest BCUT2D eigenvalue weighted by molar-refractivity contribution is -0.126. The maximum Gasteiger partial charge on any atom is 0.240 e. The van der Waals surface area contributed by atoms with E-state index in [-0.39, 0.29) is 11.9 Å². The first-order valence-corrected chi connectivity index (χ1v) is 6.60. The number of rotatable bonds is 5. The Kier molecular flexibility index (Phi) is 5.17. The van der Waals surface area contributed by atoms with Gasteiger partial charge in [-0.1, -0.05) is 43.1 Å². The van der Waals surface area contributed by atoms with Crippen LogP contribution in [0.3, 0.4) is 0 Å². The van der Waals surface area contributed by atoms with Crippen LogP contribution in [-0.4, -0.2) is 11.4 Å². The van der Waals surface area contributed by atoms with Crippen LogP contribution in [0.1, 0.15) is 45.2 Å². The minimum atomic E-state index is -0.829. The van der Waals surface area contributed by atoms with Crippen molar-refractivity contribution in [3.8, 4) is 0 Å². The summed E-state index contributed by atoms with van der Waals surface area (Å²) in [7, 11) is 0. The summed E-state index contributed by atoms with van der Waals surface area (Å²) >= 11 is 6.10. The van der Waals surface area contributed by atoms with Gasteiger partial charge < -0.3 is 11.1 Å². The van der Waals surface area contributed by atoms with Crippen LogP contribution >= 0.6 is 11.6 Å². The molecule has 1 rings (SSSR count). The zero-order valence-electron chi connectivity index (χ0n) is 11.2. The van der Waals surface area contributed by atoms with Gasteiger partial charge in [0.05, 0.1) is 11.6 Å². The maximum absolute atomic E-state index is 12.1. The fourth-order valence-electron chi connectivity index (χ4n) is 1.90. The summed E-state index contributed by atoms with van der Waals surface area (Å²) in [5, 5.41) is 3.57. The third-order valence-corrected chi connectivity index (χ3v) is 3.35. The Morgan fingerprint density at radius 3 is 2.67 bits per heavy atom. The van der Waals surface area contributed by atoms with Gasteiger partial charge in [-0.15, -0.1) is 0 Å². The van der Waals surface area contributed by atoms with Gasteiger partial charge in [-0.3, -0.25) is 4.79 Å². The standard InChI is InChI=1S/C14H21ClN2O/c1-4-9-14(3,16)13(18)17-10(2)11-7-5-6-8-12(11)15/h5-8,10H,4,9,16H2,1-3H3,(H,17,18). The highest BCUT2D eigenvalue weighted by Gasteiger charge is 2.28. The predicted molar refractivity (Wildman–Crippen MR) is 75.5 cm³/mol. The van der Waals surface area contributed by atoms with Crippen molar-refractivity contribution in [3.63, 3.8) is 0 Å². The Hall–Kier alpha value is -1.06. The molecule has 1 aromatic rings. The number of halogens is 1. The minimum absolute atomic E-state index is 0.142. The Balaban J connectivity index is 2.74. The molecule has 0 aromatic heterocycles. The summed E-state index contributed by atoms with van der Waals surface area (Å²) in [6.45, 7) is 5.67. The molecule has 100 valence electrons. The van der Waals surface area contributed by atoms with Gasteiger partial charge in [-0.25, -0.2) is 0 Å². The number of carbonyl (C=O) groups excluding carboxylic acids is 1. The van der Waals surface area contributed by atoms with Crippen molar-refractivity contribution in [3.05, 3.63) is 34.9 Å². The van der Waals surface area contributed by atoms with E-state index < -0.39 is 5.54 Å². The Morgan fingerprint density at radius 1 is 1.50 bits per heavy atom. The number of hydrogen-bond acceptors (Lipinski definition) is 2. The van der Waals surface area contributed by atoms with Crippen LogP contribution in [0.2, 0.25) is 5.02 Å². The second kappa shape index (κ2) is 6.21. The van der Waals surface area contributed by atoms with Gasteiger partial charge in [0.2, 0.25) is 5.91 Å². The third-order valence-electron chi connectivity index (χ3n) is 3.01. The molecule has 0 aliphatic rings. The highest BCUT2D eigenvalue weighted by molar-refractivity contribution is 6.31. The molecular formula is C14H21ClN2O. The third kappa shape index (κ3) is 3.72. The molecule has 0 spiro atoms. The summed E-state index contributed by atoms with van der Waals surface area (Å²) in [6, 6.07) is 7.34. The largest absolute Gasteiger partial charge is 0.348 e. The van der Waals surface area contributed by atoms with Crippen LogP contribution in [0.25, 0.3) is 0 Å². The predicted octanol–water partition coefficient (Wildman–Crippen LogP) is 3.03. The number of carbonyl (C=O) groups is 1. The number of hydrogen-bond donors (Lipinski definition) is 2. The van der Waals surface area contributed by atoms with E-state index in [4.69, 9.17) is 17.3 Å². The molecule has 0 fully saturated rings. The van der Waals surface area contributed by atoms with E-state index in [9.17, 15) is 4.79 Å². The lowest BCUT2D eigenvalue weighted by Gasteiger charge is -2.26. The van der Waals surface area contributed by atoms with Gasteiger partial charge in [0.1, 0.15) is 0 Å². The Labute approximate surface area is 114 Å². The first-order chi connectivity index (χ1) is 8.38. The van der Waals surface area contributed by atoms with Crippen LogP contribution in [0, 0.1) is 0 Å². The van der Waals surface area contributed by atoms with Gasteiger partial charge in [0, 0.05) is 5.02 Å². The first-order valence-electron chi connectivity index (χ1n) is 6.22. The molecule has 1 amide bonds. The fourth-order valence-corrected chi connectivity index (χ4v) is 2.20. The Bertz CT molecular complexity index is 418. The van der Waals surface area contributed by atoms with Crippen LogP contribution < -0.4 is 11.1 Å². The van der Waals surface area contributed by atoms with Crippen LogP contribution in [0.4, 0.5) is 0 Å². The lowest BCUT2D eigenvalue weighted by atomic mass is 9.95. The fraction of sp³-hybridized carbons (Fsp3) is 0.500. The number of benzene rings is 1. The van der Waals surface area contributed by atoms with E-state index in [1.54, 1.807) is 6.92 Å². The highest BCUT2D eigenvalue weighted by Crippen LogP contribution is 2.22. The summed E-state index contributed by atoms with van der Waals surface area (Å²) in [5.41, 5.74) is 6.06. The van der Waals surface area contributed by atoms with Gasteiger partial charge in [-0.05, 0) is 31.9 Å². The molecule has 0 saturated carbocycles. The molecule has 0 bridgehead atoms. The summed E-state index contributed by atoms with van der Waals surface area (Å²) in [4.78, 5) is 12.1. The van der Waals surface area contributed by atoms with Crippen molar-refractivity contribution in [2.24, 2.45) is 5.73 Å². The number of amides is 1. The summed E-state index contributed by atoms with van der Waals surface area (Å²) in [6.07, 6.45) is 1.54. The van der Waals surface area contributed by atoms with Gasteiger partial charge >= 0.3 is 0 Å². The molecular weight excluding hydrogens is 248 g/mol. The van der Waals surface area contributed by atoms with Gasteiger partial charge in [0.15, 0.2) is 0 Å². The molecule has 0 radical (unpaired) electrons. The molecule has 0 heterocycles. The van der Waals surface area contributed by atoms with Crippen molar-refractivity contribution in [2.45, 2.75) is 45.2 Å². The molecule has 18 heavy (non-hydrogen) atoms. The second-order valence-corrected chi connectivity index (χ2v) is 5.29. The minimum Gasteiger partial charge on any atom is -0.348 e. The summed E-state index contributed by atoms with van der Waals surface area (Å²) < 4.78 is 0. The number of nitrogens with two attached hydrogens (primary N) is 1. The molecule has 4 heteroatoms. The first kappa shape index (κ1) is 15.0. The van der Waals surface area contributed by atoms with Crippen molar-refractivity contribution < 1.29 is 4.79 Å². The van der Waals surface area contributed by atoms with Crippen molar-refractivity contribution in [2.75, 3.05) is 0 Å². The van der Waals surface area contributed by atoms with Crippen LogP contribution in [-0.2, 0) is 4.79 Å². The average Bonchev–Trinajstić information content (AvgIpc) is 2.29. The van der Waals surface area contributed by atoms with Crippen molar-refractivity contribution in [1.82, 2.24) is 5.32 Å². The van der Waals surface area contributed by atoms with Crippen molar-refractivity contribution >= 4 is 17.5 Å². The second-order valence-electron chi connectivity index (χ2n) is 4.88. The van der Waals surface area contributed by atoms with Gasteiger partial charge in [0.25, 0.3) is 0 Å².